The van der Waals surface area contributed by atoms with Crippen LogP contribution in [0.25, 0.3) is 0 Å². The Labute approximate surface area is 201 Å². The molecule has 0 aliphatic carbocycles. The molecule has 3 rings (SSSR count). The maximum atomic E-state index is 13.5. The number of benzene rings is 2. The maximum Gasteiger partial charge on any atom is 0.416 e. The highest BCUT2D eigenvalue weighted by molar-refractivity contribution is 5.94. The second-order valence-electron chi connectivity index (χ2n) is 8.56. The number of aliphatic carboxylic acids is 1. The summed E-state index contributed by atoms with van der Waals surface area (Å²) in [7, 11) is 0. The van der Waals surface area contributed by atoms with Gasteiger partial charge in [0.15, 0.2) is 0 Å². The first-order valence-corrected chi connectivity index (χ1v) is 11.4. The molecular formula is C25H28F3N3O4. The van der Waals surface area contributed by atoms with E-state index in [9.17, 15) is 32.7 Å². The van der Waals surface area contributed by atoms with Crippen LogP contribution in [0, 0.1) is 0 Å². The van der Waals surface area contributed by atoms with Crippen LogP contribution in [-0.2, 0) is 28.7 Å². The van der Waals surface area contributed by atoms with Gasteiger partial charge in [-0.05, 0) is 42.2 Å². The Morgan fingerprint density at radius 1 is 1.11 bits per heavy atom. The summed E-state index contributed by atoms with van der Waals surface area (Å²) in [4.78, 5) is 39.1. The van der Waals surface area contributed by atoms with Gasteiger partial charge in [0.1, 0.15) is 6.04 Å². The van der Waals surface area contributed by atoms with E-state index in [0.29, 0.717) is 19.3 Å². The van der Waals surface area contributed by atoms with Gasteiger partial charge in [-0.3, -0.25) is 9.59 Å². The number of hydrogen-bond acceptors (Lipinski definition) is 3. The molecule has 1 aliphatic heterocycles. The Kier molecular flexibility index (Phi) is 8.37. The normalized spacial score (nSPS) is 16.2. The molecule has 2 atom stereocenters. The number of alkyl halides is 3. The van der Waals surface area contributed by atoms with E-state index in [4.69, 9.17) is 0 Å². The van der Waals surface area contributed by atoms with Crippen LogP contribution in [0.15, 0.2) is 48.5 Å². The number of nitrogens with one attached hydrogen (secondary N) is 2. The highest BCUT2D eigenvalue weighted by atomic mass is 19.4. The molecule has 0 bridgehead atoms. The van der Waals surface area contributed by atoms with Crippen molar-refractivity contribution in [1.29, 1.82) is 0 Å². The van der Waals surface area contributed by atoms with Gasteiger partial charge in [0.05, 0.1) is 12.0 Å². The van der Waals surface area contributed by atoms with Crippen LogP contribution >= 0.6 is 0 Å². The van der Waals surface area contributed by atoms with Gasteiger partial charge in [0.2, 0.25) is 5.91 Å². The number of halogens is 3. The summed E-state index contributed by atoms with van der Waals surface area (Å²) in [5.74, 6) is -1.45. The lowest BCUT2D eigenvalue weighted by atomic mass is 9.91. The molecule has 0 spiro atoms. The summed E-state index contributed by atoms with van der Waals surface area (Å²) in [6.07, 6.45) is -2.74. The zero-order chi connectivity index (χ0) is 25.6. The van der Waals surface area contributed by atoms with Crippen LogP contribution in [0.4, 0.5) is 23.7 Å². The predicted molar refractivity (Wildman–Crippen MR) is 124 cm³/mol. The van der Waals surface area contributed by atoms with Crippen LogP contribution in [0.1, 0.15) is 49.3 Å². The Bertz CT molecular complexity index is 1070. The molecule has 0 unspecified atom stereocenters. The third-order valence-corrected chi connectivity index (χ3v) is 5.95. The number of carboxylic acid groups (broad SMARTS) is 1. The second kappa shape index (κ2) is 11.2. The zero-order valence-corrected chi connectivity index (χ0v) is 19.3. The number of carbonyl (C=O) groups excluding carboxylic acids is 2. The van der Waals surface area contributed by atoms with E-state index in [0.717, 1.165) is 29.7 Å². The summed E-state index contributed by atoms with van der Waals surface area (Å²) >= 11 is 0. The molecule has 2 aromatic rings. The van der Waals surface area contributed by atoms with Gasteiger partial charge >= 0.3 is 18.2 Å². The SMILES string of the molecule is CCCC[C@H](NC(=O)Nc1cccc(C(F)(F)F)c1)C(=O)N1Cc2ccccc2C[C@@H]1CC(=O)O. The largest absolute Gasteiger partial charge is 0.481 e. The van der Waals surface area contributed by atoms with Crippen molar-refractivity contribution in [3.63, 3.8) is 0 Å². The molecule has 0 radical (unpaired) electrons. The zero-order valence-electron chi connectivity index (χ0n) is 19.3. The standard InChI is InChI=1S/C25H28F3N3O4/c1-2-3-11-21(30-24(35)29-19-10-6-9-18(13-19)25(26,27)28)23(34)31-15-17-8-5-4-7-16(17)12-20(31)14-22(32)33/h4-10,13,20-21H,2-3,11-12,14-15H2,1H3,(H,32,33)(H2,29,30,35)/t20-,21+/m1/s1. The molecule has 7 nitrogen and oxygen atoms in total. The molecule has 1 heterocycles. The fourth-order valence-corrected chi connectivity index (χ4v) is 4.19. The maximum absolute atomic E-state index is 13.5. The Balaban J connectivity index is 1.78. The number of hydrogen-bond donors (Lipinski definition) is 3. The Hall–Kier alpha value is -3.56. The van der Waals surface area contributed by atoms with Crippen molar-refractivity contribution in [3.05, 3.63) is 65.2 Å². The number of anilines is 1. The minimum atomic E-state index is -4.56. The highest BCUT2D eigenvalue weighted by Crippen LogP contribution is 2.31. The lowest BCUT2D eigenvalue weighted by Gasteiger charge is -2.38. The fourth-order valence-electron chi connectivity index (χ4n) is 4.19. The van der Waals surface area contributed by atoms with Crippen molar-refractivity contribution in [2.75, 3.05) is 5.32 Å². The minimum Gasteiger partial charge on any atom is -0.481 e. The summed E-state index contributed by atoms with van der Waals surface area (Å²) < 4.78 is 38.9. The van der Waals surface area contributed by atoms with Crippen LogP contribution in [-0.4, -0.2) is 40.0 Å². The molecule has 3 amide bonds. The number of carboxylic acids is 1. The highest BCUT2D eigenvalue weighted by Gasteiger charge is 2.35. The average Bonchev–Trinajstić information content (AvgIpc) is 2.80. The summed E-state index contributed by atoms with van der Waals surface area (Å²) in [6, 6.07) is 9.35. The number of fused-ring (bicyclic) bond motifs is 1. The second-order valence-corrected chi connectivity index (χ2v) is 8.56. The van der Waals surface area contributed by atoms with E-state index in [-0.39, 0.29) is 18.7 Å². The minimum absolute atomic E-state index is 0.0605. The van der Waals surface area contributed by atoms with Gasteiger partial charge in [0, 0.05) is 18.3 Å². The van der Waals surface area contributed by atoms with Crippen LogP contribution in [0.3, 0.4) is 0 Å². The van der Waals surface area contributed by atoms with Crippen molar-refractivity contribution >= 4 is 23.6 Å². The van der Waals surface area contributed by atoms with Gasteiger partial charge in [-0.15, -0.1) is 0 Å². The molecule has 3 N–H and O–H groups in total. The fraction of sp³-hybridized carbons (Fsp3) is 0.400. The van der Waals surface area contributed by atoms with Crippen molar-refractivity contribution in [2.45, 2.75) is 63.8 Å². The summed E-state index contributed by atoms with van der Waals surface area (Å²) in [6.45, 7) is 2.14. The molecule has 0 fully saturated rings. The summed E-state index contributed by atoms with van der Waals surface area (Å²) in [5, 5.41) is 14.3. The number of rotatable bonds is 8. The van der Waals surface area contributed by atoms with Crippen LogP contribution in [0.5, 0.6) is 0 Å². The number of amides is 3. The lowest BCUT2D eigenvalue weighted by Crippen LogP contribution is -2.54. The first-order valence-electron chi connectivity index (χ1n) is 11.4. The number of urea groups is 1. The Morgan fingerprint density at radius 3 is 2.49 bits per heavy atom. The molecule has 1 aliphatic rings. The number of carbonyl (C=O) groups is 3. The van der Waals surface area contributed by atoms with E-state index in [2.05, 4.69) is 10.6 Å². The lowest BCUT2D eigenvalue weighted by molar-refractivity contribution is -0.142. The molecule has 0 saturated heterocycles. The van der Waals surface area contributed by atoms with Gasteiger partial charge in [-0.1, -0.05) is 50.1 Å². The van der Waals surface area contributed by atoms with E-state index >= 15 is 0 Å². The van der Waals surface area contributed by atoms with Gasteiger partial charge < -0.3 is 20.6 Å². The third kappa shape index (κ3) is 6.97. The first kappa shape index (κ1) is 26.1. The monoisotopic (exact) mass is 491 g/mol. The average molecular weight is 492 g/mol. The van der Waals surface area contributed by atoms with E-state index in [1.165, 1.54) is 17.0 Å². The molecule has 35 heavy (non-hydrogen) atoms. The quantitative estimate of drug-likeness (QED) is 0.493. The summed E-state index contributed by atoms with van der Waals surface area (Å²) in [5.41, 5.74) is 0.917. The number of nitrogens with zero attached hydrogens (tertiary/aromatic N) is 1. The topological polar surface area (TPSA) is 98.7 Å². The molecular weight excluding hydrogens is 463 g/mol. The number of unbranched alkanes of at least 4 members (excludes halogenated alkanes) is 1. The molecule has 2 aromatic carbocycles. The van der Waals surface area contributed by atoms with Crippen molar-refractivity contribution in [1.82, 2.24) is 10.2 Å². The third-order valence-electron chi connectivity index (χ3n) is 5.95. The molecule has 10 heteroatoms. The first-order chi connectivity index (χ1) is 16.6. The van der Waals surface area contributed by atoms with Crippen molar-refractivity contribution in [2.24, 2.45) is 0 Å². The van der Waals surface area contributed by atoms with Gasteiger partial charge in [-0.2, -0.15) is 13.2 Å². The molecule has 0 aromatic heterocycles. The molecule has 0 saturated carbocycles. The van der Waals surface area contributed by atoms with Crippen LogP contribution in [0.2, 0.25) is 0 Å². The van der Waals surface area contributed by atoms with E-state index < -0.39 is 41.7 Å². The van der Waals surface area contributed by atoms with Gasteiger partial charge in [-0.25, -0.2) is 4.79 Å². The Morgan fingerprint density at radius 2 is 1.83 bits per heavy atom. The van der Waals surface area contributed by atoms with Crippen molar-refractivity contribution < 1.29 is 32.7 Å². The van der Waals surface area contributed by atoms with Crippen molar-refractivity contribution in [3.8, 4) is 0 Å². The predicted octanol–water partition coefficient (Wildman–Crippen LogP) is 4.81. The van der Waals surface area contributed by atoms with Gasteiger partial charge in [0.25, 0.3) is 0 Å². The molecule has 188 valence electrons. The van der Waals surface area contributed by atoms with Crippen LogP contribution < -0.4 is 10.6 Å². The smallest absolute Gasteiger partial charge is 0.416 e. The van der Waals surface area contributed by atoms with E-state index in [1.54, 1.807) is 0 Å². The van der Waals surface area contributed by atoms with E-state index in [1.807, 2.05) is 31.2 Å².